The highest BCUT2D eigenvalue weighted by Crippen LogP contribution is 2.25. The van der Waals surface area contributed by atoms with E-state index in [-0.39, 0.29) is 0 Å². The topological polar surface area (TPSA) is 42.7 Å². The molecule has 20 heavy (non-hydrogen) atoms. The van der Waals surface area contributed by atoms with E-state index >= 15 is 0 Å². The minimum atomic E-state index is 0.442. The van der Waals surface area contributed by atoms with Crippen molar-refractivity contribution in [3.63, 3.8) is 0 Å². The van der Waals surface area contributed by atoms with Gasteiger partial charge in [-0.05, 0) is 49.2 Å². The number of nitrogens with one attached hydrogen (secondary N) is 1. The number of hydrogen-bond donors (Lipinski definition) is 1. The number of fused-ring (bicyclic) bond motifs is 1. The first-order chi connectivity index (χ1) is 9.92. The second-order valence-electron chi connectivity index (χ2n) is 5.23. The Labute approximate surface area is 117 Å². The maximum atomic E-state index is 4.46. The van der Waals surface area contributed by atoms with Crippen LogP contribution in [0.4, 0.5) is 0 Å². The van der Waals surface area contributed by atoms with E-state index in [0.29, 0.717) is 6.04 Å². The lowest BCUT2D eigenvalue weighted by atomic mass is 10.1. The molecule has 0 bridgehead atoms. The standard InChI is InChI=1S/C16H16N4/c1-3-12-5-8-20(16(12)19-7-1)14-9-13(10-17-11-14)15-4-2-6-18-15/h1,3,5,7-11,15,18H,2,4,6H2. The second-order valence-corrected chi connectivity index (χ2v) is 5.23. The SMILES string of the molecule is c1cnc2c(c1)ccn2-c1cncc(C2CCCN2)c1. The Balaban J connectivity index is 1.80. The second kappa shape index (κ2) is 4.72. The molecule has 1 aliphatic heterocycles. The van der Waals surface area contributed by atoms with Gasteiger partial charge in [-0.15, -0.1) is 0 Å². The average Bonchev–Trinajstić information content (AvgIpc) is 3.17. The van der Waals surface area contributed by atoms with Gasteiger partial charge in [0.1, 0.15) is 5.65 Å². The van der Waals surface area contributed by atoms with Crippen molar-refractivity contribution < 1.29 is 0 Å². The molecular weight excluding hydrogens is 248 g/mol. The third kappa shape index (κ3) is 1.89. The van der Waals surface area contributed by atoms with E-state index in [2.05, 4.69) is 44.2 Å². The van der Waals surface area contributed by atoms with Gasteiger partial charge in [0.2, 0.25) is 0 Å². The lowest BCUT2D eigenvalue weighted by Gasteiger charge is -2.12. The fraction of sp³-hybridized carbons (Fsp3) is 0.250. The van der Waals surface area contributed by atoms with Crippen LogP contribution in [0.3, 0.4) is 0 Å². The zero-order valence-corrected chi connectivity index (χ0v) is 11.2. The minimum Gasteiger partial charge on any atom is -0.310 e. The smallest absolute Gasteiger partial charge is 0.144 e. The average molecular weight is 264 g/mol. The molecule has 4 heterocycles. The van der Waals surface area contributed by atoms with E-state index in [1.165, 1.54) is 18.4 Å². The molecule has 3 aromatic rings. The van der Waals surface area contributed by atoms with Crippen LogP contribution in [-0.4, -0.2) is 21.1 Å². The largest absolute Gasteiger partial charge is 0.310 e. The van der Waals surface area contributed by atoms with Crippen molar-refractivity contribution >= 4 is 11.0 Å². The molecule has 1 fully saturated rings. The normalized spacial score (nSPS) is 18.7. The number of nitrogens with zero attached hydrogens (tertiary/aromatic N) is 3. The fourth-order valence-corrected chi connectivity index (χ4v) is 2.91. The van der Waals surface area contributed by atoms with Crippen molar-refractivity contribution in [2.45, 2.75) is 18.9 Å². The van der Waals surface area contributed by atoms with Crippen LogP contribution in [-0.2, 0) is 0 Å². The highest BCUT2D eigenvalue weighted by atomic mass is 15.0. The highest BCUT2D eigenvalue weighted by Gasteiger charge is 2.17. The molecule has 4 heteroatoms. The van der Waals surface area contributed by atoms with Crippen LogP contribution in [0.25, 0.3) is 16.7 Å². The Morgan fingerprint density at radius 2 is 2.25 bits per heavy atom. The van der Waals surface area contributed by atoms with Crippen molar-refractivity contribution in [2.24, 2.45) is 0 Å². The number of rotatable bonds is 2. The third-order valence-corrected chi connectivity index (χ3v) is 3.93. The summed E-state index contributed by atoms with van der Waals surface area (Å²) in [5.74, 6) is 0. The molecule has 0 saturated carbocycles. The van der Waals surface area contributed by atoms with Gasteiger partial charge in [-0.25, -0.2) is 4.98 Å². The molecule has 0 amide bonds. The van der Waals surface area contributed by atoms with Crippen molar-refractivity contribution in [1.29, 1.82) is 0 Å². The summed E-state index contributed by atoms with van der Waals surface area (Å²) in [5.41, 5.74) is 3.31. The summed E-state index contributed by atoms with van der Waals surface area (Å²) < 4.78 is 2.10. The summed E-state index contributed by atoms with van der Waals surface area (Å²) in [7, 11) is 0. The molecule has 1 aliphatic rings. The summed E-state index contributed by atoms with van der Waals surface area (Å²) in [6, 6.07) is 8.78. The van der Waals surface area contributed by atoms with Gasteiger partial charge >= 0.3 is 0 Å². The van der Waals surface area contributed by atoms with Gasteiger partial charge in [0, 0.05) is 30.0 Å². The molecule has 0 aliphatic carbocycles. The Morgan fingerprint density at radius 1 is 1.25 bits per heavy atom. The predicted octanol–water partition coefficient (Wildman–Crippen LogP) is 2.85. The fourth-order valence-electron chi connectivity index (χ4n) is 2.91. The van der Waals surface area contributed by atoms with E-state index in [1.807, 2.05) is 24.7 Å². The van der Waals surface area contributed by atoms with Gasteiger partial charge in [-0.3, -0.25) is 9.55 Å². The van der Waals surface area contributed by atoms with E-state index < -0.39 is 0 Å². The van der Waals surface area contributed by atoms with Gasteiger partial charge < -0.3 is 5.32 Å². The van der Waals surface area contributed by atoms with Crippen LogP contribution in [0.5, 0.6) is 0 Å². The van der Waals surface area contributed by atoms with Crippen LogP contribution in [0, 0.1) is 0 Å². The number of aromatic nitrogens is 3. The summed E-state index contributed by atoms with van der Waals surface area (Å²) in [6.45, 7) is 1.10. The van der Waals surface area contributed by atoms with Crippen LogP contribution in [0.1, 0.15) is 24.4 Å². The summed E-state index contributed by atoms with van der Waals surface area (Å²) >= 11 is 0. The summed E-state index contributed by atoms with van der Waals surface area (Å²) in [4.78, 5) is 8.87. The molecule has 1 N–H and O–H groups in total. The van der Waals surface area contributed by atoms with Crippen molar-refractivity contribution in [2.75, 3.05) is 6.54 Å². The summed E-state index contributed by atoms with van der Waals surface area (Å²) in [5, 5.41) is 4.67. The van der Waals surface area contributed by atoms with Crippen molar-refractivity contribution in [3.8, 4) is 5.69 Å². The monoisotopic (exact) mass is 264 g/mol. The van der Waals surface area contributed by atoms with Crippen molar-refractivity contribution in [1.82, 2.24) is 19.9 Å². The predicted molar refractivity (Wildman–Crippen MR) is 78.8 cm³/mol. The first kappa shape index (κ1) is 11.6. The molecule has 100 valence electrons. The highest BCUT2D eigenvalue weighted by molar-refractivity contribution is 5.77. The molecule has 0 radical (unpaired) electrons. The Morgan fingerprint density at radius 3 is 3.15 bits per heavy atom. The molecule has 4 rings (SSSR count). The third-order valence-electron chi connectivity index (χ3n) is 3.93. The Hall–Kier alpha value is -2.20. The molecule has 4 nitrogen and oxygen atoms in total. The molecule has 1 unspecified atom stereocenters. The lowest BCUT2D eigenvalue weighted by Crippen LogP contribution is -2.13. The van der Waals surface area contributed by atoms with E-state index in [1.54, 1.807) is 0 Å². The molecule has 1 saturated heterocycles. The van der Waals surface area contributed by atoms with Crippen LogP contribution >= 0.6 is 0 Å². The molecule has 0 spiro atoms. The lowest BCUT2D eigenvalue weighted by molar-refractivity contribution is 0.644. The minimum absolute atomic E-state index is 0.442. The Bertz CT molecular complexity index is 741. The van der Waals surface area contributed by atoms with Crippen molar-refractivity contribution in [3.05, 3.63) is 54.6 Å². The number of hydrogen-bond acceptors (Lipinski definition) is 3. The first-order valence-corrected chi connectivity index (χ1v) is 7.02. The molecule has 3 aromatic heterocycles. The van der Waals surface area contributed by atoms with Gasteiger partial charge in [0.25, 0.3) is 0 Å². The zero-order valence-electron chi connectivity index (χ0n) is 11.2. The zero-order chi connectivity index (χ0) is 13.4. The Kier molecular flexibility index (Phi) is 2.74. The van der Waals surface area contributed by atoms with Gasteiger partial charge in [0.15, 0.2) is 0 Å². The molecular formula is C16H16N4. The quantitative estimate of drug-likeness (QED) is 0.774. The molecule has 0 aromatic carbocycles. The van der Waals surface area contributed by atoms with Crippen LogP contribution in [0.15, 0.2) is 49.1 Å². The summed E-state index contributed by atoms with van der Waals surface area (Å²) in [6.07, 6.45) is 10.2. The van der Waals surface area contributed by atoms with E-state index in [9.17, 15) is 0 Å². The maximum absolute atomic E-state index is 4.46. The van der Waals surface area contributed by atoms with E-state index in [4.69, 9.17) is 0 Å². The van der Waals surface area contributed by atoms with Gasteiger partial charge in [-0.1, -0.05) is 0 Å². The van der Waals surface area contributed by atoms with Crippen LogP contribution < -0.4 is 5.32 Å². The van der Waals surface area contributed by atoms with Gasteiger partial charge in [-0.2, -0.15) is 0 Å². The maximum Gasteiger partial charge on any atom is 0.144 e. The molecule has 1 atom stereocenters. The first-order valence-electron chi connectivity index (χ1n) is 7.02. The number of pyridine rings is 2. The van der Waals surface area contributed by atoms with E-state index in [0.717, 1.165) is 23.3 Å². The van der Waals surface area contributed by atoms with Gasteiger partial charge in [0.05, 0.1) is 11.9 Å². The van der Waals surface area contributed by atoms with Crippen LogP contribution in [0.2, 0.25) is 0 Å².